The number of hydrogen-bond donors (Lipinski definition) is 1. The van der Waals surface area contributed by atoms with Crippen LogP contribution in [-0.4, -0.2) is 41.0 Å². The molecule has 6 nitrogen and oxygen atoms in total. The normalized spacial score (nSPS) is 17.4. The Morgan fingerprint density at radius 3 is 2.91 bits per heavy atom. The average molecular weight is 321 g/mol. The smallest absolute Gasteiger partial charge is 0.358 e. The second kappa shape index (κ2) is 6.31. The van der Waals surface area contributed by atoms with E-state index in [9.17, 15) is 4.79 Å². The lowest BCUT2D eigenvalue weighted by Gasteiger charge is -2.15. The lowest BCUT2D eigenvalue weighted by Crippen LogP contribution is -2.15. The summed E-state index contributed by atoms with van der Waals surface area (Å²) in [6.45, 7) is 0. The lowest BCUT2D eigenvalue weighted by molar-refractivity contribution is 0.0686. The zero-order chi connectivity index (χ0) is 15.5. The molecule has 1 aliphatic heterocycles. The Morgan fingerprint density at radius 2 is 2.27 bits per heavy atom. The molecule has 116 valence electrons. The van der Waals surface area contributed by atoms with Gasteiger partial charge in [-0.1, -0.05) is 5.16 Å². The monoisotopic (exact) mass is 321 g/mol. The van der Waals surface area contributed by atoms with E-state index in [2.05, 4.69) is 5.16 Å². The highest BCUT2D eigenvalue weighted by Crippen LogP contribution is 2.35. The summed E-state index contributed by atoms with van der Waals surface area (Å²) in [5.74, 6) is 2.61. The first-order chi connectivity index (χ1) is 10.7. The number of hydrogen-bond acceptors (Lipinski definition) is 6. The highest BCUT2D eigenvalue weighted by molar-refractivity contribution is 7.99. The van der Waals surface area contributed by atoms with Crippen molar-refractivity contribution in [2.45, 2.75) is 12.5 Å². The van der Waals surface area contributed by atoms with E-state index in [1.165, 1.54) is 6.07 Å². The van der Waals surface area contributed by atoms with Gasteiger partial charge in [0.2, 0.25) is 0 Å². The maximum absolute atomic E-state index is 10.8. The van der Waals surface area contributed by atoms with Gasteiger partial charge in [-0.2, -0.15) is 11.8 Å². The van der Waals surface area contributed by atoms with E-state index >= 15 is 0 Å². The number of nitrogens with zero attached hydrogens (tertiary/aromatic N) is 1. The summed E-state index contributed by atoms with van der Waals surface area (Å²) in [5.41, 5.74) is 0.558. The third-order valence-electron chi connectivity index (χ3n) is 3.36. The summed E-state index contributed by atoms with van der Waals surface area (Å²) < 4.78 is 16.4. The molecule has 0 spiro atoms. The maximum Gasteiger partial charge on any atom is 0.358 e. The number of aromatic carboxylic acids is 1. The second-order valence-corrected chi connectivity index (χ2v) is 6.00. The molecule has 22 heavy (non-hydrogen) atoms. The maximum atomic E-state index is 10.8. The second-order valence-electron chi connectivity index (χ2n) is 4.85. The van der Waals surface area contributed by atoms with E-state index in [4.69, 9.17) is 19.1 Å². The van der Waals surface area contributed by atoms with E-state index in [1.54, 1.807) is 25.3 Å². The first-order valence-electron chi connectivity index (χ1n) is 6.80. The van der Waals surface area contributed by atoms with E-state index in [0.29, 0.717) is 22.8 Å². The lowest BCUT2D eigenvalue weighted by atomic mass is 10.1. The summed E-state index contributed by atoms with van der Waals surface area (Å²) in [5, 5.41) is 12.4. The van der Waals surface area contributed by atoms with Crippen molar-refractivity contribution in [2.24, 2.45) is 0 Å². The standard InChI is InChI=1S/C15H15NO5S/c1-19-14-6-9(13-7-11(15(17)18)16-21-13)2-3-12(14)20-10-4-5-22-8-10/h2-3,6-7,10H,4-5,8H2,1H3,(H,17,18). The highest BCUT2D eigenvalue weighted by atomic mass is 32.2. The van der Waals surface area contributed by atoms with Crippen LogP contribution in [0.25, 0.3) is 11.3 Å². The Hall–Kier alpha value is -2.15. The molecule has 1 aliphatic rings. The SMILES string of the molecule is COc1cc(-c2cc(C(=O)O)no2)ccc1OC1CCSC1. The predicted octanol–water partition coefficient (Wildman–Crippen LogP) is 2.93. The molecule has 1 unspecified atom stereocenters. The van der Waals surface area contributed by atoms with E-state index in [-0.39, 0.29) is 11.8 Å². The Labute approximate surface area is 131 Å². The number of methoxy groups -OCH3 is 1. The zero-order valence-electron chi connectivity index (χ0n) is 11.9. The van der Waals surface area contributed by atoms with Crippen LogP contribution in [0, 0.1) is 0 Å². The Morgan fingerprint density at radius 1 is 1.41 bits per heavy atom. The van der Waals surface area contributed by atoms with Gasteiger partial charge in [0.05, 0.1) is 7.11 Å². The first kappa shape index (κ1) is 14.8. The number of benzene rings is 1. The molecular weight excluding hydrogens is 306 g/mol. The number of thioether (sulfide) groups is 1. The minimum Gasteiger partial charge on any atom is -0.493 e. The van der Waals surface area contributed by atoms with Crippen LogP contribution in [0.2, 0.25) is 0 Å². The first-order valence-corrected chi connectivity index (χ1v) is 7.95. The van der Waals surface area contributed by atoms with Crippen LogP contribution < -0.4 is 9.47 Å². The molecule has 1 saturated heterocycles. The number of carboxylic acid groups (broad SMARTS) is 1. The van der Waals surface area contributed by atoms with Crippen molar-refractivity contribution in [3.8, 4) is 22.8 Å². The van der Waals surface area contributed by atoms with Gasteiger partial charge < -0.3 is 19.1 Å². The molecule has 1 aromatic carbocycles. The summed E-state index contributed by atoms with van der Waals surface area (Å²) in [6, 6.07) is 6.74. The predicted molar refractivity (Wildman–Crippen MR) is 81.8 cm³/mol. The van der Waals surface area contributed by atoms with Crippen LogP contribution in [0.1, 0.15) is 16.9 Å². The fourth-order valence-electron chi connectivity index (χ4n) is 2.22. The molecule has 0 bridgehead atoms. The van der Waals surface area contributed by atoms with Gasteiger partial charge in [-0.05, 0) is 30.4 Å². The van der Waals surface area contributed by atoms with Crippen LogP contribution in [0.5, 0.6) is 11.5 Å². The molecule has 0 aliphatic carbocycles. The molecular formula is C15H15NO5S. The van der Waals surface area contributed by atoms with Gasteiger partial charge in [0.1, 0.15) is 6.10 Å². The number of aromatic nitrogens is 1. The molecule has 0 amide bonds. The number of rotatable bonds is 5. The molecule has 1 aromatic heterocycles. The molecule has 2 aromatic rings. The third kappa shape index (κ3) is 3.04. The van der Waals surface area contributed by atoms with Crippen molar-refractivity contribution in [1.29, 1.82) is 0 Å². The summed E-state index contributed by atoms with van der Waals surface area (Å²) in [4.78, 5) is 10.8. The van der Waals surface area contributed by atoms with Crippen LogP contribution in [0.3, 0.4) is 0 Å². The average Bonchev–Trinajstić information content (AvgIpc) is 3.18. The van der Waals surface area contributed by atoms with Gasteiger partial charge in [-0.25, -0.2) is 4.79 Å². The van der Waals surface area contributed by atoms with Crippen molar-refractivity contribution in [1.82, 2.24) is 5.16 Å². The fourth-order valence-corrected chi connectivity index (χ4v) is 3.31. The Kier molecular flexibility index (Phi) is 4.24. The van der Waals surface area contributed by atoms with E-state index < -0.39 is 5.97 Å². The van der Waals surface area contributed by atoms with Crippen molar-refractivity contribution in [3.63, 3.8) is 0 Å². The van der Waals surface area contributed by atoms with Gasteiger partial charge in [0.15, 0.2) is 23.0 Å². The van der Waals surface area contributed by atoms with Crippen molar-refractivity contribution in [3.05, 3.63) is 30.0 Å². The summed E-state index contributed by atoms with van der Waals surface area (Å²) >= 11 is 1.88. The van der Waals surface area contributed by atoms with Gasteiger partial charge >= 0.3 is 5.97 Å². The largest absolute Gasteiger partial charge is 0.493 e. The van der Waals surface area contributed by atoms with Crippen LogP contribution in [0.15, 0.2) is 28.8 Å². The van der Waals surface area contributed by atoms with Gasteiger partial charge in [0, 0.05) is 17.4 Å². The van der Waals surface area contributed by atoms with Crippen molar-refractivity contribution >= 4 is 17.7 Å². The Balaban J connectivity index is 1.85. The van der Waals surface area contributed by atoms with Crippen LogP contribution in [0.4, 0.5) is 0 Å². The molecule has 1 N–H and O–H groups in total. The minimum absolute atomic E-state index is 0.128. The fraction of sp³-hybridized carbons (Fsp3) is 0.333. The number of carbonyl (C=O) groups is 1. The van der Waals surface area contributed by atoms with Crippen molar-refractivity contribution in [2.75, 3.05) is 18.6 Å². The van der Waals surface area contributed by atoms with Gasteiger partial charge in [-0.3, -0.25) is 0 Å². The molecule has 1 atom stereocenters. The summed E-state index contributed by atoms with van der Waals surface area (Å²) in [6.07, 6.45) is 1.23. The number of ether oxygens (including phenoxy) is 2. The minimum atomic E-state index is -1.12. The van der Waals surface area contributed by atoms with Crippen molar-refractivity contribution < 1.29 is 23.9 Å². The molecule has 0 saturated carbocycles. The van der Waals surface area contributed by atoms with E-state index in [1.807, 2.05) is 11.8 Å². The topological polar surface area (TPSA) is 81.8 Å². The quantitative estimate of drug-likeness (QED) is 0.906. The molecule has 1 fully saturated rings. The van der Waals surface area contributed by atoms with E-state index in [0.717, 1.165) is 17.9 Å². The molecule has 3 rings (SSSR count). The zero-order valence-corrected chi connectivity index (χ0v) is 12.8. The Bertz CT molecular complexity index is 678. The van der Waals surface area contributed by atoms with Gasteiger partial charge in [0.25, 0.3) is 0 Å². The molecule has 0 radical (unpaired) electrons. The highest BCUT2D eigenvalue weighted by Gasteiger charge is 2.20. The number of carboxylic acids is 1. The molecule has 7 heteroatoms. The van der Waals surface area contributed by atoms with Crippen LogP contribution in [-0.2, 0) is 0 Å². The van der Waals surface area contributed by atoms with Gasteiger partial charge in [-0.15, -0.1) is 0 Å². The van der Waals surface area contributed by atoms with Crippen LogP contribution >= 0.6 is 11.8 Å². The molecule has 2 heterocycles. The third-order valence-corrected chi connectivity index (χ3v) is 4.49. The summed E-state index contributed by atoms with van der Waals surface area (Å²) in [7, 11) is 1.57.